The van der Waals surface area contributed by atoms with E-state index < -0.39 is 0 Å². The van der Waals surface area contributed by atoms with Crippen LogP contribution in [-0.2, 0) is 13.0 Å². The Morgan fingerprint density at radius 1 is 1.10 bits per heavy atom. The van der Waals surface area contributed by atoms with Crippen molar-refractivity contribution >= 4 is 16.9 Å². The zero-order chi connectivity index (χ0) is 20.8. The molecule has 6 rings (SSSR count). The molecule has 0 saturated carbocycles. The van der Waals surface area contributed by atoms with Crippen LogP contribution in [-0.4, -0.2) is 28.0 Å². The molecule has 31 heavy (non-hydrogen) atoms. The molecule has 1 fully saturated rings. The normalized spacial score (nSPS) is 18.5. The lowest BCUT2D eigenvalue weighted by Gasteiger charge is -2.33. The lowest BCUT2D eigenvalue weighted by molar-refractivity contribution is 0.624. The molecule has 0 aliphatic carbocycles. The van der Waals surface area contributed by atoms with Crippen LogP contribution < -0.4 is 10.2 Å². The molecule has 4 aromatic rings. The molecule has 2 aliphatic heterocycles. The van der Waals surface area contributed by atoms with Crippen LogP contribution in [0.1, 0.15) is 41.1 Å². The minimum Gasteiger partial charge on any atom is -0.352 e. The first-order valence-electron chi connectivity index (χ1n) is 11.3. The summed E-state index contributed by atoms with van der Waals surface area (Å²) in [4.78, 5) is 15.0. The molecule has 1 unspecified atom stereocenters. The largest absolute Gasteiger partial charge is 0.352 e. The number of rotatable bonds is 3. The number of H-pyrrole nitrogens is 1. The van der Waals surface area contributed by atoms with Crippen LogP contribution in [0.3, 0.4) is 0 Å². The topological polar surface area (TPSA) is 56.8 Å². The number of aromatic amines is 1. The summed E-state index contributed by atoms with van der Waals surface area (Å²) in [5.41, 5.74) is 9.09. The summed E-state index contributed by atoms with van der Waals surface area (Å²) >= 11 is 0. The van der Waals surface area contributed by atoms with Crippen LogP contribution in [0.15, 0.2) is 55.0 Å². The maximum atomic E-state index is 4.68. The summed E-state index contributed by atoms with van der Waals surface area (Å²) in [7, 11) is 0. The van der Waals surface area contributed by atoms with Gasteiger partial charge in [0.05, 0.1) is 0 Å². The Bertz CT molecular complexity index is 1240. The van der Waals surface area contributed by atoms with Gasteiger partial charge in [0.1, 0.15) is 11.5 Å². The van der Waals surface area contributed by atoms with Crippen molar-refractivity contribution in [1.29, 1.82) is 0 Å². The summed E-state index contributed by atoms with van der Waals surface area (Å²) in [5.74, 6) is 1.07. The van der Waals surface area contributed by atoms with Gasteiger partial charge in [0.2, 0.25) is 0 Å². The van der Waals surface area contributed by atoms with Crippen molar-refractivity contribution in [3.63, 3.8) is 0 Å². The maximum absolute atomic E-state index is 4.68. The second kappa shape index (κ2) is 7.50. The summed E-state index contributed by atoms with van der Waals surface area (Å²) < 4.78 is 0. The first kappa shape index (κ1) is 18.6. The number of pyridine rings is 2. The number of aryl methyl sites for hydroxylation is 1. The Kier molecular flexibility index (Phi) is 4.50. The Balaban J connectivity index is 1.45. The lowest BCUT2D eigenvalue weighted by Crippen LogP contribution is -2.32. The molecule has 5 nitrogen and oxygen atoms in total. The van der Waals surface area contributed by atoms with Gasteiger partial charge in [-0.05, 0) is 84.8 Å². The molecule has 156 valence electrons. The van der Waals surface area contributed by atoms with Crippen LogP contribution in [0, 0.1) is 6.92 Å². The van der Waals surface area contributed by atoms with Crippen LogP contribution in [0.4, 0.5) is 5.82 Å². The standard InChI is InChI=1S/C26H27N5/c1-17-14-29-26-21(17)13-20(15-30-26)19-11-18-7-10-31(25-6-2-3-8-28-25)16-23(18)22(12-19)24-5-4-9-27-24/h2-3,6,8,11-15,24,27H,4-5,7,9-10,16H2,1H3,(H,29,30). The van der Waals surface area contributed by atoms with Crippen LogP contribution in [0.25, 0.3) is 22.2 Å². The summed E-state index contributed by atoms with van der Waals surface area (Å²) in [6.45, 7) is 5.16. The van der Waals surface area contributed by atoms with Crippen molar-refractivity contribution in [2.45, 2.75) is 38.8 Å². The van der Waals surface area contributed by atoms with Crippen molar-refractivity contribution in [3.8, 4) is 11.1 Å². The molecule has 5 heteroatoms. The number of hydrogen-bond donors (Lipinski definition) is 2. The van der Waals surface area contributed by atoms with Gasteiger partial charge >= 0.3 is 0 Å². The minimum absolute atomic E-state index is 0.433. The number of fused-ring (bicyclic) bond motifs is 2. The Hall–Kier alpha value is -3.18. The van der Waals surface area contributed by atoms with Gasteiger partial charge in [0, 0.05) is 48.7 Å². The molecule has 1 atom stereocenters. The van der Waals surface area contributed by atoms with Gasteiger partial charge in [-0.25, -0.2) is 9.97 Å². The quantitative estimate of drug-likeness (QED) is 0.504. The van der Waals surface area contributed by atoms with Gasteiger partial charge in [0.25, 0.3) is 0 Å². The highest BCUT2D eigenvalue weighted by Gasteiger charge is 2.26. The van der Waals surface area contributed by atoms with Gasteiger partial charge in [-0.3, -0.25) is 0 Å². The molecule has 0 spiro atoms. The number of nitrogens with zero attached hydrogens (tertiary/aromatic N) is 3. The molecular formula is C26H27N5. The predicted octanol–water partition coefficient (Wildman–Crippen LogP) is 4.92. The fourth-order valence-corrected chi connectivity index (χ4v) is 5.15. The van der Waals surface area contributed by atoms with Gasteiger partial charge < -0.3 is 15.2 Å². The molecule has 2 N–H and O–H groups in total. The molecule has 3 aromatic heterocycles. The highest BCUT2D eigenvalue weighted by molar-refractivity contribution is 5.84. The average Bonchev–Trinajstić information content (AvgIpc) is 3.49. The second-order valence-electron chi connectivity index (χ2n) is 8.80. The maximum Gasteiger partial charge on any atom is 0.137 e. The van der Waals surface area contributed by atoms with Gasteiger partial charge in [-0.15, -0.1) is 0 Å². The number of nitrogens with one attached hydrogen (secondary N) is 2. The molecule has 0 bridgehead atoms. The van der Waals surface area contributed by atoms with Crippen molar-refractivity contribution in [2.75, 3.05) is 18.0 Å². The summed E-state index contributed by atoms with van der Waals surface area (Å²) in [6, 6.07) is 13.7. The molecule has 5 heterocycles. The highest BCUT2D eigenvalue weighted by Crippen LogP contribution is 2.37. The summed E-state index contributed by atoms with van der Waals surface area (Å²) in [5, 5.41) is 4.94. The van der Waals surface area contributed by atoms with Gasteiger partial charge in [-0.2, -0.15) is 0 Å². The second-order valence-corrected chi connectivity index (χ2v) is 8.80. The Morgan fingerprint density at radius 3 is 2.90 bits per heavy atom. The minimum atomic E-state index is 0.433. The van der Waals surface area contributed by atoms with E-state index in [1.54, 1.807) is 0 Å². The van der Waals surface area contributed by atoms with E-state index in [1.807, 2.05) is 24.7 Å². The van der Waals surface area contributed by atoms with E-state index in [0.717, 1.165) is 37.5 Å². The van der Waals surface area contributed by atoms with E-state index in [9.17, 15) is 0 Å². The fraction of sp³-hybridized carbons (Fsp3) is 0.308. The van der Waals surface area contributed by atoms with Gasteiger partial charge in [-0.1, -0.05) is 12.1 Å². The first-order valence-corrected chi connectivity index (χ1v) is 11.3. The molecule has 0 radical (unpaired) electrons. The number of benzene rings is 1. The fourth-order valence-electron chi connectivity index (χ4n) is 5.15. The number of anilines is 1. The Labute approximate surface area is 182 Å². The monoisotopic (exact) mass is 409 g/mol. The van der Waals surface area contributed by atoms with E-state index in [0.29, 0.717) is 6.04 Å². The van der Waals surface area contributed by atoms with E-state index in [4.69, 9.17) is 0 Å². The number of aromatic nitrogens is 3. The molecule has 1 aromatic carbocycles. The average molecular weight is 410 g/mol. The molecule has 1 saturated heterocycles. The van der Waals surface area contributed by atoms with E-state index in [-0.39, 0.29) is 0 Å². The third kappa shape index (κ3) is 3.29. The lowest BCUT2D eigenvalue weighted by atomic mass is 9.87. The zero-order valence-corrected chi connectivity index (χ0v) is 17.9. The van der Waals surface area contributed by atoms with E-state index in [2.05, 4.69) is 62.4 Å². The first-order chi connectivity index (χ1) is 15.3. The summed E-state index contributed by atoms with van der Waals surface area (Å²) in [6.07, 6.45) is 9.42. The Morgan fingerprint density at radius 2 is 2.06 bits per heavy atom. The van der Waals surface area contributed by atoms with Crippen molar-refractivity contribution in [2.24, 2.45) is 0 Å². The molecular weight excluding hydrogens is 382 g/mol. The van der Waals surface area contributed by atoms with Gasteiger partial charge in [0.15, 0.2) is 0 Å². The van der Waals surface area contributed by atoms with E-state index >= 15 is 0 Å². The number of hydrogen-bond acceptors (Lipinski definition) is 4. The van der Waals surface area contributed by atoms with Crippen molar-refractivity contribution < 1.29 is 0 Å². The SMILES string of the molecule is Cc1c[nH]c2ncc(-c3cc4c(c(C5CCCN5)c3)CN(c3ccccn3)CC4)cc12. The van der Waals surface area contributed by atoms with Crippen LogP contribution in [0.2, 0.25) is 0 Å². The van der Waals surface area contributed by atoms with Crippen LogP contribution >= 0.6 is 0 Å². The van der Waals surface area contributed by atoms with E-state index in [1.165, 1.54) is 51.6 Å². The zero-order valence-electron chi connectivity index (χ0n) is 17.9. The van der Waals surface area contributed by atoms with Crippen LogP contribution in [0.5, 0.6) is 0 Å². The molecule has 2 aliphatic rings. The van der Waals surface area contributed by atoms with Crippen molar-refractivity contribution in [1.82, 2.24) is 20.3 Å². The highest BCUT2D eigenvalue weighted by atomic mass is 15.2. The third-order valence-corrected chi connectivity index (χ3v) is 6.86. The van der Waals surface area contributed by atoms with Crippen molar-refractivity contribution in [3.05, 3.63) is 77.2 Å². The smallest absolute Gasteiger partial charge is 0.137 e. The third-order valence-electron chi connectivity index (χ3n) is 6.86. The predicted molar refractivity (Wildman–Crippen MR) is 125 cm³/mol. The molecule has 0 amide bonds.